The second kappa shape index (κ2) is 8.43. The normalized spacial score (nSPS) is 18.0. The van der Waals surface area contributed by atoms with Crippen LogP contribution in [-0.4, -0.2) is 49.9 Å². The number of carbonyl (C=O) groups is 1. The van der Waals surface area contributed by atoms with Crippen molar-refractivity contribution in [3.05, 3.63) is 54.6 Å². The van der Waals surface area contributed by atoms with Gasteiger partial charge in [0.15, 0.2) is 15.6 Å². The van der Waals surface area contributed by atoms with Crippen molar-refractivity contribution in [2.24, 2.45) is 0 Å². The molecule has 2 aromatic rings. The number of nitrogens with zero attached hydrogens (tertiary/aromatic N) is 1. The first-order valence-electron chi connectivity index (χ1n) is 9.04. The Morgan fingerprint density at radius 2 is 1.85 bits per heavy atom. The zero-order chi connectivity index (χ0) is 19.3. The average Bonchev–Trinajstić information content (AvgIpc) is 3.02. The van der Waals surface area contributed by atoms with Gasteiger partial charge in [0.2, 0.25) is 5.91 Å². The summed E-state index contributed by atoms with van der Waals surface area (Å²) in [4.78, 5) is 14.3. The Morgan fingerprint density at radius 1 is 1.15 bits per heavy atom. The van der Waals surface area contributed by atoms with Crippen LogP contribution in [0.25, 0.3) is 0 Å². The predicted molar refractivity (Wildman–Crippen MR) is 106 cm³/mol. The zero-order valence-electron chi connectivity index (χ0n) is 15.3. The van der Waals surface area contributed by atoms with E-state index in [0.717, 1.165) is 0 Å². The second-order valence-electron chi connectivity index (χ2n) is 6.50. The summed E-state index contributed by atoms with van der Waals surface area (Å²) in [5, 5.41) is 3.13. The van der Waals surface area contributed by atoms with E-state index in [0.29, 0.717) is 30.2 Å². The van der Waals surface area contributed by atoms with Crippen LogP contribution in [0.5, 0.6) is 11.5 Å². The molecule has 0 radical (unpaired) electrons. The lowest BCUT2D eigenvalue weighted by atomic mass is 10.2. The van der Waals surface area contributed by atoms with Gasteiger partial charge in [0.25, 0.3) is 0 Å². The van der Waals surface area contributed by atoms with Gasteiger partial charge in [-0.05, 0) is 37.6 Å². The smallest absolute Gasteiger partial charge is 0.242 e. The van der Waals surface area contributed by atoms with E-state index in [9.17, 15) is 13.2 Å². The number of rotatable bonds is 7. The predicted octanol–water partition coefficient (Wildman–Crippen LogP) is 2.93. The molecule has 1 unspecified atom stereocenters. The first-order chi connectivity index (χ1) is 13.0. The van der Waals surface area contributed by atoms with Crippen molar-refractivity contribution in [3.8, 4) is 11.5 Å². The van der Waals surface area contributed by atoms with Gasteiger partial charge in [0, 0.05) is 12.6 Å². The van der Waals surface area contributed by atoms with E-state index in [1.807, 2.05) is 61.5 Å². The molecule has 0 aliphatic carbocycles. The van der Waals surface area contributed by atoms with Crippen molar-refractivity contribution in [1.29, 1.82) is 0 Å². The van der Waals surface area contributed by atoms with Gasteiger partial charge in [-0.2, -0.15) is 0 Å². The van der Waals surface area contributed by atoms with Gasteiger partial charge in [-0.15, -0.1) is 0 Å². The third-order valence-electron chi connectivity index (χ3n) is 4.60. The topological polar surface area (TPSA) is 75.7 Å². The molecule has 6 nitrogen and oxygen atoms in total. The van der Waals surface area contributed by atoms with E-state index in [1.54, 1.807) is 4.90 Å². The molecule has 0 saturated carbocycles. The summed E-state index contributed by atoms with van der Waals surface area (Å²) in [6, 6.07) is 16.6. The number of ether oxygens (including phenoxy) is 1. The number of carbonyl (C=O) groups excluding carboxylic acids is 1. The van der Waals surface area contributed by atoms with Crippen molar-refractivity contribution < 1.29 is 17.9 Å². The van der Waals surface area contributed by atoms with Crippen LogP contribution < -0.4 is 10.1 Å². The van der Waals surface area contributed by atoms with Crippen LogP contribution in [0.3, 0.4) is 0 Å². The molecule has 1 fully saturated rings. The molecule has 1 aliphatic rings. The molecule has 144 valence electrons. The van der Waals surface area contributed by atoms with Crippen LogP contribution in [0.2, 0.25) is 0 Å². The maximum atomic E-state index is 12.6. The standard InChI is InChI=1S/C20H24N2O4S/c1-2-22(16-12-13-27(24,25)15-16)20(23)14-21-18-10-6-7-11-19(18)26-17-8-4-3-5-9-17/h3-11,16,21H,2,12-15H2,1H3. The number of sulfone groups is 1. The van der Waals surface area contributed by atoms with Crippen molar-refractivity contribution in [2.75, 3.05) is 29.9 Å². The van der Waals surface area contributed by atoms with E-state index in [-0.39, 0.29) is 30.0 Å². The Labute approximate surface area is 160 Å². The van der Waals surface area contributed by atoms with Crippen LogP contribution in [0.1, 0.15) is 13.3 Å². The number of hydrogen-bond acceptors (Lipinski definition) is 5. The molecule has 0 spiro atoms. The Bertz CT molecular complexity index is 884. The first-order valence-corrected chi connectivity index (χ1v) is 10.9. The highest BCUT2D eigenvalue weighted by molar-refractivity contribution is 7.91. The van der Waals surface area contributed by atoms with E-state index >= 15 is 0 Å². The fraction of sp³-hybridized carbons (Fsp3) is 0.350. The molecule has 0 aromatic heterocycles. The van der Waals surface area contributed by atoms with Gasteiger partial charge >= 0.3 is 0 Å². The summed E-state index contributed by atoms with van der Waals surface area (Å²) in [7, 11) is -3.03. The van der Waals surface area contributed by atoms with Gasteiger partial charge in [-0.1, -0.05) is 30.3 Å². The van der Waals surface area contributed by atoms with Crippen molar-refractivity contribution >= 4 is 21.4 Å². The Morgan fingerprint density at radius 3 is 2.52 bits per heavy atom. The van der Waals surface area contributed by atoms with Crippen molar-refractivity contribution in [1.82, 2.24) is 4.90 Å². The second-order valence-corrected chi connectivity index (χ2v) is 8.73. The number of amides is 1. The van der Waals surface area contributed by atoms with Gasteiger partial charge in [0.05, 0.1) is 23.7 Å². The van der Waals surface area contributed by atoms with Gasteiger partial charge < -0.3 is 15.0 Å². The summed E-state index contributed by atoms with van der Waals surface area (Å²) in [5.74, 6) is 1.43. The number of para-hydroxylation sites is 3. The highest BCUT2D eigenvalue weighted by atomic mass is 32.2. The van der Waals surface area contributed by atoms with Crippen LogP contribution in [-0.2, 0) is 14.6 Å². The summed E-state index contributed by atoms with van der Waals surface area (Å²) in [5.41, 5.74) is 0.713. The number of nitrogens with one attached hydrogen (secondary N) is 1. The first kappa shape index (κ1) is 19.2. The molecule has 1 amide bonds. The number of likely N-dealkylation sites (N-methyl/N-ethyl adjacent to an activating group) is 1. The largest absolute Gasteiger partial charge is 0.455 e. The van der Waals surface area contributed by atoms with Gasteiger partial charge in [0.1, 0.15) is 5.75 Å². The molecule has 3 rings (SSSR count). The molecule has 1 heterocycles. The lowest BCUT2D eigenvalue weighted by Crippen LogP contribution is -2.43. The zero-order valence-corrected chi connectivity index (χ0v) is 16.1. The summed E-state index contributed by atoms with van der Waals surface area (Å²) >= 11 is 0. The lowest BCUT2D eigenvalue weighted by Gasteiger charge is -2.27. The van der Waals surface area contributed by atoms with E-state index in [1.165, 1.54) is 0 Å². The molecule has 2 aromatic carbocycles. The third-order valence-corrected chi connectivity index (χ3v) is 6.35. The minimum absolute atomic E-state index is 0.0558. The summed E-state index contributed by atoms with van der Waals surface area (Å²) in [6.07, 6.45) is 0.510. The Hall–Kier alpha value is -2.54. The average molecular weight is 388 g/mol. The van der Waals surface area contributed by atoms with Gasteiger partial charge in [-0.25, -0.2) is 8.42 Å². The SMILES string of the molecule is CCN(C(=O)CNc1ccccc1Oc1ccccc1)C1CCS(=O)(=O)C1. The molecule has 1 N–H and O–H groups in total. The summed E-state index contributed by atoms with van der Waals surface area (Å²) < 4.78 is 29.3. The van der Waals surface area contributed by atoms with Crippen LogP contribution in [0.4, 0.5) is 5.69 Å². The molecule has 1 aliphatic heterocycles. The van der Waals surface area contributed by atoms with E-state index in [4.69, 9.17) is 4.74 Å². The number of hydrogen-bond donors (Lipinski definition) is 1. The molecular weight excluding hydrogens is 364 g/mol. The van der Waals surface area contributed by atoms with Crippen molar-refractivity contribution in [2.45, 2.75) is 19.4 Å². The van der Waals surface area contributed by atoms with Crippen molar-refractivity contribution in [3.63, 3.8) is 0 Å². The van der Waals surface area contributed by atoms with Crippen LogP contribution in [0, 0.1) is 0 Å². The molecule has 7 heteroatoms. The minimum atomic E-state index is -3.03. The van der Waals surface area contributed by atoms with Crippen LogP contribution >= 0.6 is 0 Å². The lowest BCUT2D eigenvalue weighted by molar-refractivity contribution is -0.130. The molecule has 1 saturated heterocycles. The molecule has 27 heavy (non-hydrogen) atoms. The quantitative estimate of drug-likeness (QED) is 0.789. The highest BCUT2D eigenvalue weighted by Crippen LogP contribution is 2.29. The van der Waals surface area contributed by atoms with Gasteiger partial charge in [-0.3, -0.25) is 4.79 Å². The van der Waals surface area contributed by atoms with Crippen LogP contribution in [0.15, 0.2) is 54.6 Å². The molecule has 1 atom stereocenters. The monoisotopic (exact) mass is 388 g/mol. The maximum Gasteiger partial charge on any atom is 0.242 e. The maximum absolute atomic E-state index is 12.6. The van der Waals surface area contributed by atoms with E-state index < -0.39 is 9.84 Å². The number of benzene rings is 2. The number of anilines is 1. The fourth-order valence-corrected chi connectivity index (χ4v) is 4.98. The summed E-state index contributed by atoms with van der Waals surface area (Å²) in [6.45, 7) is 2.44. The Kier molecular flexibility index (Phi) is 6.01. The highest BCUT2D eigenvalue weighted by Gasteiger charge is 2.33. The fourth-order valence-electron chi connectivity index (χ4n) is 3.25. The minimum Gasteiger partial charge on any atom is -0.455 e. The molecule has 0 bridgehead atoms. The Balaban J connectivity index is 1.65. The van der Waals surface area contributed by atoms with E-state index in [2.05, 4.69) is 5.32 Å². The molecular formula is C20H24N2O4S. The third kappa shape index (κ3) is 5.01.